The second-order valence-electron chi connectivity index (χ2n) is 7.02. The fourth-order valence-corrected chi connectivity index (χ4v) is 5.48. The molecule has 5 rings (SSSR count). The number of aliphatic hydroxyl groups excluding tert-OH is 1. The number of carbonyl (C=O) groups excluding carboxylic acids is 2. The molecule has 6 nitrogen and oxygen atoms in total. The summed E-state index contributed by atoms with van der Waals surface area (Å²) in [4.78, 5) is 32.6. The van der Waals surface area contributed by atoms with Crippen LogP contribution in [0.15, 0.2) is 65.6 Å². The van der Waals surface area contributed by atoms with Gasteiger partial charge in [0.05, 0.1) is 22.9 Å². The lowest BCUT2D eigenvalue weighted by Crippen LogP contribution is -2.28. The first-order chi connectivity index (χ1) is 15.5. The van der Waals surface area contributed by atoms with Gasteiger partial charge in [-0.1, -0.05) is 17.4 Å². The minimum absolute atomic E-state index is 0.0203. The van der Waals surface area contributed by atoms with E-state index in [9.17, 15) is 19.1 Å². The Kier molecular flexibility index (Phi) is 4.99. The van der Waals surface area contributed by atoms with Crippen molar-refractivity contribution < 1.29 is 23.8 Å². The van der Waals surface area contributed by atoms with Crippen molar-refractivity contribution in [2.75, 3.05) is 12.0 Å². The molecule has 3 heterocycles. The summed E-state index contributed by atoms with van der Waals surface area (Å²) in [6.07, 6.45) is 0. The van der Waals surface area contributed by atoms with Crippen molar-refractivity contribution in [2.45, 2.75) is 6.04 Å². The monoisotopic (exact) mass is 466 g/mol. The summed E-state index contributed by atoms with van der Waals surface area (Å²) in [5.74, 6) is -1.69. The largest absolute Gasteiger partial charge is 0.507 e. The summed E-state index contributed by atoms with van der Waals surface area (Å²) < 4.78 is 19.4. The molecule has 1 aliphatic rings. The van der Waals surface area contributed by atoms with E-state index in [2.05, 4.69) is 4.98 Å². The summed E-state index contributed by atoms with van der Waals surface area (Å²) in [5.41, 5.74) is 0.887. The maximum Gasteiger partial charge on any atom is 0.301 e. The minimum Gasteiger partial charge on any atom is -0.507 e. The van der Waals surface area contributed by atoms with Crippen molar-refractivity contribution in [3.8, 4) is 5.75 Å². The lowest BCUT2D eigenvalue weighted by Gasteiger charge is -2.21. The lowest BCUT2D eigenvalue weighted by molar-refractivity contribution is -0.132. The molecule has 9 heteroatoms. The Morgan fingerprint density at radius 1 is 1.16 bits per heavy atom. The van der Waals surface area contributed by atoms with Gasteiger partial charge in [0.2, 0.25) is 0 Å². The molecule has 160 valence electrons. The number of halogens is 1. The summed E-state index contributed by atoms with van der Waals surface area (Å²) in [7, 11) is 1.53. The number of carbonyl (C=O) groups is 2. The van der Waals surface area contributed by atoms with Crippen molar-refractivity contribution in [3.63, 3.8) is 0 Å². The van der Waals surface area contributed by atoms with E-state index in [4.69, 9.17) is 4.74 Å². The summed E-state index contributed by atoms with van der Waals surface area (Å²) in [6, 6.07) is 13.5. The molecule has 1 amide bonds. The SMILES string of the molecule is COc1ccc(/C(O)=C2\C(=O)C(=O)N(c3nc4ccc(F)cc4s3)C2c2cccs2)cc1. The molecule has 1 fully saturated rings. The molecule has 4 aromatic rings. The second-order valence-corrected chi connectivity index (χ2v) is 9.01. The van der Waals surface area contributed by atoms with Crippen molar-refractivity contribution in [3.05, 3.63) is 81.8 Å². The number of rotatable bonds is 4. The van der Waals surface area contributed by atoms with Gasteiger partial charge in [-0.05, 0) is 53.9 Å². The van der Waals surface area contributed by atoms with Crippen LogP contribution in [0.5, 0.6) is 5.75 Å². The molecule has 1 unspecified atom stereocenters. The van der Waals surface area contributed by atoms with Gasteiger partial charge in [-0.3, -0.25) is 14.5 Å². The number of ether oxygens (including phenoxy) is 1. The Bertz CT molecular complexity index is 1380. The van der Waals surface area contributed by atoms with Gasteiger partial charge in [0.1, 0.15) is 23.4 Å². The Morgan fingerprint density at radius 2 is 1.94 bits per heavy atom. The minimum atomic E-state index is -0.845. The number of thiazole rings is 1. The fourth-order valence-electron chi connectivity index (χ4n) is 3.64. The van der Waals surface area contributed by atoms with Crippen LogP contribution in [0.25, 0.3) is 16.0 Å². The van der Waals surface area contributed by atoms with Crippen molar-refractivity contribution in [1.82, 2.24) is 4.98 Å². The highest BCUT2D eigenvalue weighted by Crippen LogP contribution is 2.45. The molecule has 1 aliphatic heterocycles. The molecule has 0 spiro atoms. The normalized spacial score (nSPS) is 17.9. The van der Waals surface area contributed by atoms with Gasteiger partial charge in [-0.15, -0.1) is 11.3 Å². The van der Waals surface area contributed by atoms with E-state index in [1.807, 2.05) is 5.38 Å². The highest BCUT2D eigenvalue weighted by Gasteiger charge is 2.48. The summed E-state index contributed by atoms with van der Waals surface area (Å²) in [6.45, 7) is 0. The Labute approximate surface area is 189 Å². The zero-order valence-corrected chi connectivity index (χ0v) is 18.2. The number of benzene rings is 2. The molecule has 1 atom stereocenters. The van der Waals surface area contributed by atoms with Crippen LogP contribution < -0.4 is 9.64 Å². The maximum atomic E-state index is 13.7. The van der Waals surface area contributed by atoms with E-state index >= 15 is 0 Å². The second kappa shape index (κ2) is 7.85. The van der Waals surface area contributed by atoms with E-state index in [-0.39, 0.29) is 16.5 Å². The number of ketones is 1. The Morgan fingerprint density at radius 3 is 2.62 bits per heavy atom. The lowest BCUT2D eigenvalue weighted by atomic mass is 10.00. The third kappa shape index (κ3) is 3.26. The van der Waals surface area contributed by atoms with Crippen LogP contribution in [0, 0.1) is 5.82 Å². The van der Waals surface area contributed by atoms with E-state index < -0.39 is 23.5 Å². The van der Waals surface area contributed by atoms with Gasteiger partial charge in [-0.25, -0.2) is 9.37 Å². The number of aromatic nitrogens is 1. The van der Waals surface area contributed by atoms with Crippen molar-refractivity contribution in [1.29, 1.82) is 0 Å². The Balaban J connectivity index is 1.68. The maximum absolute atomic E-state index is 13.7. The van der Waals surface area contributed by atoms with Crippen LogP contribution in [0.1, 0.15) is 16.5 Å². The molecule has 0 radical (unpaired) electrons. The standard InChI is InChI=1S/C23H15FN2O4S2/c1-30-14-7-4-12(5-8-14)20(27)18-19(16-3-2-10-31-16)26(22(29)21(18)28)23-25-15-9-6-13(24)11-17(15)32-23/h2-11,19,27H,1H3/b20-18+. The average Bonchev–Trinajstić information content (AvgIpc) is 3.52. The number of amides is 1. The number of methoxy groups -OCH3 is 1. The predicted octanol–water partition coefficient (Wildman–Crippen LogP) is 5.13. The fraction of sp³-hybridized carbons (Fsp3) is 0.0870. The molecule has 0 saturated carbocycles. The van der Waals surface area contributed by atoms with Crippen LogP contribution in [0.3, 0.4) is 0 Å². The van der Waals surface area contributed by atoms with Crippen LogP contribution in [0.4, 0.5) is 9.52 Å². The highest BCUT2D eigenvalue weighted by molar-refractivity contribution is 7.22. The zero-order valence-electron chi connectivity index (χ0n) is 16.6. The molecule has 2 aromatic heterocycles. The van der Waals surface area contributed by atoms with E-state index in [0.29, 0.717) is 26.4 Å². The van der Waals surface area contributed by atoms with Crippen LogP contribution in [-0.2, 0) is 9.59 Å². The van der Waals surface area contributed by atoms with Crippen LogP contribution >= 0.6 is 22.7 Å². The molecule has 32 heavy (non-hydrogen) atoms. The molecule has 1 N–H and O–H groups in total. The van der Waals surface area contributed by atoms with Crippen LogP contribution in [0.2, 0.25) is 0 Å². The number of fused-ring (bicyclic) bond motifs is 1. The molecule has 1 saturated heterocycles. The summed E-state index contributed by atoms with van der Waals surface area (Å²) >= 11 is 2.48. The van der Waals surface area contributed by atoms with Gasteiger partial charge in [0.25, 0.3) is 5.78 Å². The quantitative estimate of drug-likeness (QED) is 0.256. The van der Waals surface area contributed by atoms with Gasteiger partial charge in [0, 0.05) is 10.4 Å². The molecule has 2 aromatic carbocycles. The first-order valence-electron chi connectivity index (χ1n) is 9.53. The summed E-state index contributed by atoms with van der Waals surface area (Å²) in [5, 5.41) is 13.2. The first-order valence-corrected chi connectivity index (χ1v) is 11.2. The third-order valence-electron chi connectivity index (χ3n) is 5.17. The molecular weight excluding hydrogens is 451 g/mol. The molecule has 0 bridgehead atoms. The van der Waals surface area contributed by atoms with Gasteiger partial charge >= 0.3 is 5.91 Å². The molecular formula is C23H15FN2O4S2. The van der Waals surface area contributed by atoms with Crippen molar-refractivity contribution in [2.24, 2.45) is 0 Å². The number of aliphatic hydroxyl groups is 1. The van der Waals surface area contributed by atoms with Gasteiger partial charge < -0.3 is 9.84 Å². The van der Waals surface area contributed by atoms with Crippen LogP contribution in [-0.4, -0.2) is 28.9 Å². The number of anilines is 1. The predicted molar refractivity (Wildman–Crippen MR) is 122 cm³/mol. The number of nitrogens with zero attached hydrogens (tertiary/aromatic N) is 2. The number of Topliss-reactive ketones (excluding diaryl/α,β-unsaturated/α-hetero) is 1. The van der Waals surface area contributed by atoms with E-state index in [1.54, 1.807) is 36.4 Å². The first kappa shape index (κ1) is 20.3. The average molecular weight is 467 g/mol. The number of hydrogen-bond donors (Lipinski definition) is 1. The smallest absolute Gasteiger partial charge is 0.301 e. The zero-order chi connectivity index (χ0) is 22.4. The van der Waals surface area contributed by atoms with E-state index in [0.717, 1.165) is 11.3 Å². The Hall–Kier alpha value is -3.56. The van der Waals surface area contributed by atoms with Gasteiger partial charge in [0.15, 0.2) is 5.13 Å². The number of hydrogen-bond acceptors (Lipinski definition) is 7. The third-order valence-corrected chi connectivity index (χ3v) is 7.11. The highest BCUT2D eigenvalue weighted by atomic mass is 32.1. The number of thiophene rings is 1. The van der Waals surface area contributed by atoms with Gasteiger partial charge in [-0.2, -0.15) is 0 Å². The molecule has 0 aliphatic carbocycles. The van der Waals surface area contributed by atoms with Crippen molar-refractivity contribution >= 4 is 55.5 Å². The topological polar surface area (TPSA) is 79.7 Å². The van der Waals surface area contributed by atoms with E-state index in [1.165, 1.54) is 41.5 Å².